The Morgan fingerprint density at radius 2 is 2.10 bits per heavy atom. The molecule has 3 nitrogen and oxygen atoms in total. The predicted molar refractivity (Wildman–Crippen MR) is 83.9 cm³/mol. The summed E-state index contributed by atoms with van der Waals surface area (Å²) in [5, 5.41) is 0. The molecular formula is C17H28N2O. The molecule has 0 radical (unpaired) electrons. The van der Waals surface area contributed by atoms with Gasteiger partial charge in [-0.2, -0.15) is 0 Å². The minimum absolute atomic E-state index is 0.0670. The van der Waals surface area contributed by atoms with Crippen LogP contribution in [0.2, 0.25) is 0 Å². The van der Waals surface area contributed by atoms with E-state index in [0.29, 0.717) is 6.04 Å². The monoisotopic (exact) mass is 276 g/mol. The quantitative estimate of drug-likeness (QED) is 0.916. The maximum Gasteiger partial charge on any atom is 0.123 e. The predicted octanol–water partition coefficient (Wildman–Crippen LogP) is 3.34. The molecule has 1 fully saturated rings. The number of benzene rings is 1. The van der Waals surface area contributed by atoms with Crippen LogP contribution in [-0.2, 0) is 6.54 Å². The second-order valence-corrected chi connectivity index (χ2v) is 6.32. The largest absolute Gasteiger partial charge is 0.496 e. The van der Waals surface area contributed by atoms with Crippen molar-refractivity contribution in [1.82, 2.24) is 4.90 Å². The van der Waals surface area contributed by atoms with Crippen molar-refractivity contribution in [2.75, 3.05) is 13.7 Å². The van der Waals surface area contributed by atoms with Gasteiger partial charge in [0, 0.05) is 30.7 Å². The van der Waals surface area contributed by atoms with E-state index in [1.54, 1.807) is 7.11 Å². The molecule has 20 heavy (non-hydrogen) atoms. The highest BCUT2D eigenvalue weighted by molar-refractivity contribution is 5.38. The molecular weight excluding hydrogens is 248 g/mol. The van der Waals surface area contributed by atoms with Crippen LogP contribution >= 0.6 is 0 Å². The van der Waals surface area contributed by atoms with Crippen LogP contribution in [0.15, 0.2) is 18.2 Å². The van der Waals surface area contributed by atoms with Crippen molar-refractivity contribution in [2.45, 2.75) is 52.2 Å². The van der Waals surface area contributed by atoms with E-state index < -0.39 is 0 Å². The van der Waals surface area contributed by atoms with Gasteiger partial charge >= 0.3 is 0 Å². The Morgan fingerprint density at radius 3 is 2.75 bits per heavy atom. The first kappa shape index (κ1) is 15.3. The van der Waals surface area contributed by atoms with Crippen LogP contribution in [0, 0.1) is 5.92 Å². The molecule has 0 bridgehead atoms. The maximum absolute atomic E-state index is 6.00. The molecule has 3 atom stereocenters. The second-order valence-electron chi connectivity index (χ2n) is 6.32. The molecule has 1 aromatic carbocycles. The Hall–Kier alpha value is -1.06. The van der Waals surface area contributed by atoms with Gasteiger partial charge in [-0.1, -0.05) is 13.0 Å². The van der Waals surface area contributed by atoms with Gasteiger partial charge in [-0.25, -0.2) is 0 Å². The summed E-state index contributed by atoms with van der Waals surface area (Å²) in [6, 6.07) is 7.03. The molecule has 112 valence electrons. The first-order valence-electron chi connectivity index (χ1n) is 7.67. The summed E-state index contributed by atoms with van der Waals surface area (Å²) in [5.41, 5.74) is 8.43. The van der Waals surface area contributed by atoms with Gasteiger partial charge < -0.3 is 10.5 Å². The standard InChI is InChI=1S/C17H28N2O/c1-12-5-6-13(2)19(10-12)11-16-9-15(14(3)18)7-8-17(16)20-4/h7-9,12-14H,5-6,10-11,18H2,1-4H3. The molecule has 3 heteroatoms. The smallest absolute Gasteiger partial charge is 0.123 e. The van der Waals surface area contributed by atoms with Crippen molar-refractivity contribution in [1.29, 1.82) is 0 Å². The molecule has 0 amide bonds. The van der Waals surface area contributed by atoms with E-state index >= 15 is 0 Å². The van der Waals surface area contributed by atoms with Crippen molar-refractivity contribution in [3.63, 3.8) is 0 Å². The van der Waals surface area contributed by atoms with E-state index in [1.807, 2.05) is 13.0 Å². The van der Waals surface area contributed by atoms with Gasteiger partial charge in [-0.05, 0) is 50.3 Å². The van der Waals surface area contributed by atoms with Crippen LogP contribution in [0.4, 0.5) is 0 Å². The zero-order valence-electron chi connectivity index (χ0n) is 13.2. The van der Waals surface area contributed by atoms with Gasteiger partial charge in [-0.3, -0.25) is 4.90 Å². The minimum Gasteiger partial charge on any atom is -0.496 e. The summed E-state index contributed by atoms with van der Waals surface area (Å²) in [4.78, 5) is 2.57. The number of ether oxygens (including phenoxy) is 1. The van der Waals surface area contributed by atoms with Crippen molar-refractivity contribution < 1.29 is 4.74 Å². The van der Waals surface area contributed by atoms with Crippen LogP contribution in [0.25, 0.3) is 0 Å². The SMILES string of the molecule is COc1ccc(C(C)N)cc1CN1CC(C)CCC1C. The number of methoxy groups -OCH3 is 1. The van der Waals surface area contributed by atoms with Crippen LogP contribution < -0.4 is 10.5 Å². The Bertz CT molecular complexity index is 445. The number of hydrogen-bond acceptors (Lipinski definition) is 3. The fourth-order valence-corrected chi connectivity index (χ4v) is 3.02. The zero-order chi connectivity index (χ0) is 14.7. The van der Waals surface area contributed by atoms with Gasteiger partial charge in [0.05, 0.1) is 7.11 Å². The molecule has 0 saturated carbocycles. The van der Waals surface area contributed by atoms with Crippen molar-refractivity contribution in [2.24, 2.45) is 11.7 Å². The lowest BCUT2D eigenvalue weighted by molar-refractivity contribution is 0.116. The lowest BCUT2D eigenvalue weighted by Crippen LogP contribution is -2.40. The summed E-state index contributed by atoms with van der Waals surface area (Å²) in [6.45, 7) is 8.82. The van der Waals surface area contributed by atoms with Gasteiger partial charge in [0.15, 0.2) is 0 Å². The second kappa shape index (κ2) is 6.59. The first-order chi connectivity index (χ1) is 9.51. The van der Waals surface area contributed by atoms with E-state index in [4.69, 9.17) is 10.5 Å². The molecule has 2 N–H and O–H groups in total. The van der Waals surface area contributed by atoms with Gasteiger partial charge in [0.1, 0.15) is 5.75 Å². The molecule has 0 spiro atoms. The average molecular weight is 276 g/mol. The van der Waals surface area contributed by atoms with Crippen molar-refractivity contribution in [3.8, 4) is 5.75 Å². The summed E-state index contributed by atoms with van der Waals surface area (Å²) in [5.74, 6) is 1.76. The molecule has 1 saturated heterocycles. The molecule has 1 aliphatic rings. The van der Waals surface area contributed by atoms with Gasteiger partial charge in [0.2, 0.25) is 0 Å². The van der Waals surface area contributed by atoms with E-state index in [1.165, 1.54) is 30.5 Å². The van der Waals surface area contributed by atoms with Crippen molar-refractivity contribution >= 4 is 0 Å². The van der Waals surface area contributed by atoms with Crippen LogP contribution in [0.1, 0.15) is 50.8 Å². The summed E-state index contributed by atoms with van der Waals surface area (Å²) < 4.78 is 5.52. The minimum atomic E-state index is 0.0670. The molecule has 1 aliphatic heterocycles. The van der Waals surface area contributed by atoms with Crippen LogP contribution in [0.5, 0.6) is 5.75 Å². The first-order valence-corrected chi connectivity index (χ1v) is 7.67. The normalized spacial score (nSPS) is 25.4. The molecule has 2 rings (SSSR count). The molecule has 1 heterocycles. The zero-order valence-corrected chi connectivity index (χ0v) is 13.2. The Morgan fingerprint density at radius 1 is 1.35 bits per heavy atom. The fourth-order valence-electron chi connectivity index (χ4n) is 3.02. The number of piperidine rings is 1. The average Bonchev–Trinajstić information content (AvgIpc) is 2.42. The summed E-state index contributed by atoms with van der Waals surface area (Å²) in [6.07, 6.45) is 2.63. The summed E-state index contributed by atoms with van der Waals surface area (Å²) in [7, 11) is 1.74. The third-order valence-corrected chi connectivity index (χ3v) is 4.45. The van der Waals surface area contributed by atoms with Crippen LogP contribution in [0.3, 0.4) is 0 Å². The highest BCUT2D eigenvalue weighted by atomic mass is 16.5. The lowest BCUT2D eigenvalue weighted by Gasteiger charge is -2.37. The Labute approximate surface area is 123 Å². The Balaban J connectivity index is 2.20. The number of nitrogens with zero attached hydrogens (tertiary/aromatic N) is 1. The lowest BCUT2D eigenvalue weighted by atomic mass is 9.94. The van der Waals surface area contributed by atoms with Gasteiger partial charge in [0.25, 0.3) is 0 Å². The summed E-state index contributed by atoms with van der Waals surface area (Å²) >= 11 is 0. The van der Waals surface area contributed by atoms with E-state index in [-0.39, 0.29) is 6.04 Å². The van der Waals surface area contributed by atoms with Gasteiger partial charge in [-0.15, -0.1) is 0 Å². The van der Waals surface area contributed by atoms with E-state index in [0.717, 1.165) is 18.2 Å². The van der Waals surface area contributed by atoms with Crippen LogP contribution in [-0.4, -0.2) is 24.6 Å². The topological polar surface area (TPSA) is 38.5 Å². The van der Waals surface area contributed by atoms with E-state index in [2.05, 4.69) is 30.9 Å². The maximum atomic E-state index is 6.00. The number of likely N-dealkylation sites (tertiary alicyclic amines) is 1. The molecule has 0 aliphatic carbocycles. The highest BCUT2D eigenvalue weighted by Crippen LogP contribution is 2.28. The molecule has 1 aromatic rings. The number of rotatable bonds is 4. The third-order valence-electron chi connectivity index (χ3n) is 4.45. The third kappa shape index (κ3) is 3.53. The molecule has 0 aromatic heterocycles. The number of hydrogen-bond donors (Lipinski definition) is 1. The highest BCUT2D eigenvalue weighted by Gasteiger charge is 2.23. The molecule has 3 unspecified atom stereocenters. The number of nitrogens with two attached hydrogens (primary N) is 1. The van der Waals surface area contributed by atoms with E-state index in [9.17, 15) is 0 Å². The fraction of sp³-hybridized carbons (Fsp3) is 0.647. The Kier molecular flexibility index (Phi) is 5.06. The van der Waals surface area contributed by atoms with Crippen molar-refractivity contribution in [3.05, 3.63) is 29.3 Å².